The van der Waals surface area contributed by atoms with Crippen molar-refractivity contribution in [3.8, 4) is 0 Å². The second-order valence-corrected chi connectivity index (χ2v) is 6.05. The average molecular weight is 333 g/mol. The van der Waals surface area contributed by atoms with E-state index in [1.54, 1.807) is 0 Å². The Kier molecular flexibility index (Phi) is 5.96. The van der Waals surface area contributed by atoms with Crippen LogP contribution in [-0.2, 0) is 11.3 Å². The molecular formula is C14H19BrClNO. The van der Waals surface area contributed by atoms with Crippen LogP contribution in [0.4, 0.5) is 0 Å². The lowest BCUT2D eigenvalue weighted by Gasteiger charge is -2.23. The molecule has 1 unspecified atom stereocenters. The number of nitrogens with one attached hydrogen (secondary N) is 1. The van der Waals surface area contributed by atoms with Crippen LogP contribution in [0.5, 0.6) is 0 Å². The molecule has 4 heteroatoms. The van der Waals surface area contributed by atoms with Crippen LogP contribution in [0.15, 0.2) is 22.7 Å². The van der Waals surface area contributed by atoms with Gasteiger partial charge < -0.3 is 10.1 Å². The van der Waals surface area contributed by atoms with Crippen molar-refractivity contribution in [2.75, 3.05) is 13.2 Å². The molecule has 0 bridgehead atoms. The largest absolute Gasteiger partial charge is 0.377 e. The smallest absolute Gasteiger partial charge is 0.0731 e. The molecule has 1 heterocycles. The minimum Gasteiger partial charge on any atom is -0.377 e. The molecule has 1 aromatic carbocycles. The van der Waals surface area contributed by atoms with E-state index < -0.39 is 0 Å². The Morgan fingerprint density at radius 2 is 2.28 bits per heavy atom. The highest BCUT2D eigenvalue weighted by atomic mass is 79.9. The van der Waals surface area contributed by atoms with Gasteiger partial charge in [-0.15, -0.1) is 0 Å². The molecule has 1 atom stereocenters. The van der Waals surface area contributed by atoms with Gasteiger partial charge in [0.2, 0.25) is 0 Å². The normalized spacial score (nSPS) is 20.0. The molecule has 0 spiro atoms. The van der Waals surface area contributed by atoms with Gasteiger partial charge >= 0.3 is 0 Å². The number of rotatable bonds is 5. The summed E-state index contributed by atoms with van der Waals surface area (Å²) >= 11 is 9.53. The van der Waals surface area contributed by atoms with Crippen molar-refractivity contribution < 1.29 is 4.74 Å². The van der Waals surface area contributed by atoms with E-state index in [4.69, 9.17) is 16.3 Å². The van der Waals surface area contributed by atoms with Gasteiger partial charge in [-0.2, -0.15) is 0 Å². The van der Waals surface area contributed by atoms with Crippen LogP contribution in [0.2, 0.25) is 5.02 Å². The van der Waals surface area contributed by atoms with Gasteiger partial charge in [-0.25, -0.2) is 0 Å². The van der Waals surface area contributed by atoms with Crippen molar-refractivity contribution in [2.24, 2.45) is 0 Å². The predicted molar refractivity (Wildman–Crippen MR) is 79.1 cm³/mol. The first kappa shape index (κ1) is 14.3. The van der Waals surface area contributed by atoms with Crippen molar-refractivity contribution in [1.82, 2.24) is 5.32 Å². The lowest BCUT2D eigenvalue weighted by molar-refractivity contribution is 0.108. The van der Waals surface area contributed by atoms with Crippen LogP contribution < -0.4 is 5.32 Å². The van der Waals surface area contributed by atoms with E-state index in [1.807, 2.05) is 18.2 Å². The molecule has 1 aliphatic rings. The quantitative estimate of drug-likeness (QED) is 0.818. The Labute approximate surface area is 122 Å². The van der Waals surface area contributed by atoms with E-state index in [9.17, 15) is 0 Å². The molecule has 2 nitrogen and oxygen atoms in total. The Bertz CT molecular complexity index is 380. The highest BCUT2D eigenvalue weighted by Gasteiger charge is 2.11. The molecule has 1 aliphatic heterocycles. The van der Waals surface area contributed by atoms with Crippen LogP contribution in [-0.4, -0.2) is 19.2 Å². The third-order valence-electron chi connectivity index (χ3n) is 3.30. The Hall–Kier alpha value is -0.0900. The second kappa shape index (κ2) is 7.49. The van der Waals surface area contributed by atoms with E-state index in [0.29, 0.717) is 12.6 Å². The number of ether oxygens (including phenoxy) is 1. The summed E-state index contributed by atoms with van der Waals surface area (Å²) in [5.41, 5.74) is 1.05. The summed E-state index contributed by atoms with van der Waals surface area (Å²) in [7, 11) is 0. The minimum atomic E-state index is 0.596. The molecule has 0 saturated carbocycles. The minimum absolute atomic E-state index is 0.596. The molecule has 100 valence electrons. The molecule has 0 aromatic heterocycles. The molecule has 18 heavy (non-hydrogen) atoms. The van der Waals surface area contributed by atoms with Gasteiger partial charge in [0.05, 0.1) is 6.61 Å². The van der Waals surface area contributed by atoms with Crippen molar-refractivity contribution in [3.05, 3.63) is 33.3 Å². The first-order valence-electron chi connectivity index (χ1n) is 6.51. The second-order valence-electron chi connectivity index (χ2n) is 4.72. The highest BCUT2D eigenvalue weighted by Crippen LogP contribution is 2.22. The summed E-state index contributed by atoms with van der Waals surface area (Å²) in [5, 5.41) is 4.29. The molecule has 1 N–H and O–H groups in total. The number of piperidine rings is 1. The maximum atomic E-state index is 6.13. The number of halogens is 2. The van der Waals surface area contributed by atoms with Crippen LogP contribution in [0.3, 0.4) is 0 Å². The fourth-order valence-corrected chi connectivity index (χ4v) is 2.94. The van der Waals surface area contributed by atoms with Crippen molar-refractivity contribution in [1.29, 1.82) is 0 Å². The standard InChI is InChI=1S/C14H19BrClNO/c15-12-5-4-11(14(16)9-12)10-18-8-6-13-3-1-2-7-17-13/h4-5,9,13,17H,1-3,6-8,10H2. The maximum Gasteiger partial charge on any atom is 0.0731 e. The fourth-order valence-electron chi connectivity index (χ4n) is 2.22. The van der Waals surface area contributed by atoms with Gasteiger partial charge in [-0.1, -0.05) is 40.0 Å². The molecule has 0 aliphatic carbocycles. The molecule has 0 radical (unpaired) electrons. The van der Waals surface area contributed by atoms with E-state index in [-0.39, 0.29) is 0 Å². The summed E-state index contributed by atoms with van der Waals surface area (Å²) in [6.45, 7) is 2.55. The third-order valence-corrected chi connectivity index (χ3v) is 4.14. The zero-order chi connectivity index (χ0) is 12.8. The van der Waals surface area contributed by atoms with Crippen LogP contribution in [0, 0.1) is 0 Å². The Morgan fingerprint density at radius 1 is 1.39 bits per heavy atom. The fraction of sp³-hybridized carbons (Fsp3) is 0.571. The topological polar surface area (TPSA) is 21.3 Å². The molecule has 1 fully saturated rings. The average Bonchev–Trinajstić information content (AvgIpc) is 2.38. The lowest BCUT2D eigenvalue weighted by atomic mass is 10.0. The molecular weight excluding hydrogens is 314 g/mol. The van der Waals surface area contributed by atoms with Crippen molar-refractivity contribution in [3.63, 3.8) is 0 Å². The van der Waals surface area contributed by atoms with Crippen LogP contribution >= 0.6 is 27.5 Å². The Balaban J connectivity index is 1.68. The van der Waals surface area contributed by atoms with Gasteiger partial charge in [0.1, 0.15) is 0 Å². The van der Waals surface area contributed by atoms with Gasteiger partial charge in [0.15, 0.2) is 0 Å². The van der Waals surface area contributed by atoms with Crippen molar-refractivity contribution >= 4 is 27.5 Å². The SMILES string of the molecule is Clc1cc(Br)ccc1COCCC1CCCCN1. The van der Waals surface area contributed by atoms with E-state index in [1.165, 1.54) is 19.3 Å². The molecule has 2 rings (SSSR count). The first-order valence-corrected chi connectivity index (χ1v) is 7.68. The maximum absolute atomic E-state index is 6.13. The third kappa shape index (κ3) is 4.54. The molecule has 0 amide bonds. The molecule has 1 aromatic rings. The highest BCUT2D eigenvalue weighted by molar-refractivity contribution is 9.10. The molecule has 1 saturated heterocycles. The van der Waals surface area contributed by atoms with Crippen LogP contribution in [0.25, 0.3) is 0 Å². The van der Waals surface area contributed by atoms with Crippen LogP contribution in [0.1, 0.15) is 31.2 Å². The van der Waals surface area contributed by atoms with Gasteiger partial charge in [-0.3, -0.25) is 0 Å². The van der Waals surface area contributed by atoms with Gasteiger partial charge in [-0.05, 0) is 43.5 Å². The van der Waals surface area contributed by atoms with Gasteiger partial charge in [0.25, 0.3) is 0 Å². The summed E-state index contributed by atoms with van der Waals surface area (Å²) in [6.07, 6.45) is 5.03. The van der Waals surface area contributed by atoms with Crippen molar-refractivity contribution in [2.45, 2.75) is 38.3 Å². The Morgan fingerprint density at radius 3 is 3.00 bits per heavy atom. The number of hydrogen-bond acceptors (Lipinski definition) is 2. The first-order chi connectivity index (χ1) is 8.75. The summed E-state index contributed by atoms with van der Waals surface area (Å²) in [6, 6.07) is 6.54. The zero-order valence-corrected chi connectivity index (χ0v) is 12.8. The summed E-state index contributed by atoms with van der Waals surface area (Å²) < 4.78 is 6.71. The predicted octanol–water partition coefficient (Wildman–Crippen LogP) is 4.15. The monoisotopic (exact) mass is 331 g/mol. The number of hydrogen-bond donors (Lipinski definition) is 1. The van der Waals surface area contributed by atoms with E-state index >= 15 is 0 Å². The summed E-state index contributed by atoms with van der Waals surface area (Å²) in [5.74, 6) is 0. The lowest BCUT2D eigenvalue weighted by Crippen LogP contribution is -2.34. The van der Waals surface area contributed by atoms with E-state index in [2.05, 4.69) is 21.2 Å². The number of benzene rings is 1. The zero-order valence-electron chi connectivity index (χ0n) is 10.4. The van der Waals surface area contributed by atoms with E-state index in [0.717, 1.165) is 34.6 Å². The van der Waals surface area contributed by atoms with Gasteiger partial charge in [0, 0.05) is 22.1 Å². The summed E-state index contributed by atoms with van der Waals surface area (Å²) in [4.78, 5) is 0.